The molecule has 2 saturated heterocycles. The number of carboxylic acids is 1. The van der Waals surface area contributed by atoms with Gasteiger partial charge >= 0.3 is 5.97 Å². The van der Waals surface area contributed by atoms with E-state index in [4.69, 9.17) is 10.5 Å². The standard InChI is InChI=1S/C20H26N2O5S/c1-2-3-9-4-5-10-13(8-9)28-19(14(10)17(21)23)22-18(24)15-11-6-7-12(27-11)16(15)20(25)26/h9,11-12,15-16H,2-8H2,1H3,(H2,21,23)(H,22,24)(H,25,26)/t9-,11-,12-,15-,16+/m1/s1. The molecule has 2 aliphatic heterocycles. The van der Waals surface area contributed by atoms with Crippen molar-refractivity contribution in [2.75, 3.05) is 5.32 Å². The van der Waals surface area contributed by atoms with E-state index in [0.29, 0.717) is 29.3 Å². The van der Waals surface area contributed by atoms with Gasteiger partial charge in [-0.05, 0) is 43.6 Å². The summed E-state index contributed by atoms with van der Waals surface area (Å²) >= 11 is 1.42. The number of rotatable bonds is 6. The molecule has 0 unspecified atom stereocenters. The highest BCUT2D eigenvalue weighted by molar-refractivity contribution is 7.17. The van der Waals surface area contributed by atoms with Crippen LogP contribution in [0, 0.1) is 17.8 Å². The highest BCUT2D eigenvalue weighted by Crippen LogP contribution is 2.45. The molecule has 0 saturated carbocycles. The number of hydrogen-bond donors (Lipinski definition) is 3. The Hall–Kier alpha value is -1.93. The van der Waals surface area contributed by atoms with E-state index in [9.17, 15) is 19.5 Å². The molecule has 4 rings (SSSR count). The number of aliphatic carboxylic acids is 1. The predicted molar refractivity (Wildman–Crippen MR) is 104 cm³/mol. The first-order valence-corrected chi connectivity index (χ1v) is 10.9. The van der Waals surface area contributed by atoms with Gasteiger partial charge in [-0.1, -0.05) is 19.8 Å². The van der Waals surface area contributed by atoms with E-state index in [0.717, 1.165) is 42.5 Å². The Morgan fingerprint density at radius 3 is 2.57 bits per heavy atom. The molecule has 3 heterocycles. The average Bonchev–Trinajstić information content (AvgIpc) is 3.33. The molecule has 2 bridgehead atoms. The van der Waals surface area contributed by atoms with Crippen molar-refractivity contribution < 1.29 is 24.2 Å². The zero-order valence-corrected chi connectivity index (χ0v) is 16.7. The third-order valence-electron chi connectivity index (χ3n) is 6.41. The highest BCUT2D eigenvalue weighted by atomic mass is 32.1. The minimum atomic E-state index is -1.00. The Kier molecular flexibility index (Phi) is 5.18. The number of hydrogen-bond acceptors (Lipinski definition) is 5. The van der Waals surface area contributed by atoms with E-state index in [-0.39, 0.29) is 12.0 Å². The Morgan fingerprint density at radius 1 is 1.21 bits per heavy atom. The molecule has 7 nitrogen and oxygen atoms in total. The van der Waals surface area contributed by atoms with Crippen molar-refractivity contribution in [1.82, 2.24) is 0 Å². The van der Waals surface area contributed by atoms with Gasteiger partial charge in [-0.25, -0.2) is 0 Å². The van der Waals surface area contributed by atoms with Crippen LogP contribution in [0.2, 0.25) is 0 Å². The van der Waals surface area contributed by atoms with Gasteiger partial charge in [0.25, 0.3) is 5.91 Å². The van der Waals surface area contributed by atoms with Gasteiger partial charge in [0.05, 0.1) is 29.6 Å². The van der Waals surface area contributed by atoms with Crippen LogP contribution in [0.25, 0.3) is 0 Å². The van der Waals surface area contributed by atoms with E-state index >= 15 is 0 Å². The number of thiophene rings is 1. The molecular weight excluding hydrogens is 380 g/mol. The van der Waals surface area contributed by atoms with Gasteiger partial charge in [-0.2, -0.15) is 0 Å². The highest BCUT2D eigenvalue weighted by Gasteiger charge is 2.55. The maximum atomic E-state index is 13.0. The maximum absolute atomic E-state index is 13.0. The van der Waals surface area contributed by atoms with Gasteiger partial charge in [0.15, 0.2) is 0 Å². The first-order valence-electron chi connectivity index (χ1n) is 10.0. The van der Waals surface area contributed by atoms with Crippen molar-refractivity contribution in [1.29, 1.82) is 0 Å². The second-order valence-corrected chi connectivity index (χ2v) is 9.24. The van der Waals surface area contributed by atoms with Gasteiger partial charge < -0.3 is 20.9 Å². The Labute approximate surface area is 167 Å². The van der Waals surface area contributed by atoms with Gasteiger partial charge in [0.2, 0.25) is 5.91 Å². The lowest BCUT2D eigenvalue weighted by molar-refractivity contribution is -0.147. The summed E-state index contributed by atoms with van der Waals surface area (Å²) in [5, 5.41) is 12.9. The number of nitrogens with two attached hydrogens (primary N) is 1. The molecule has 2 amide bonds. The average molecular weight is 407 g/mol. The summed E-state index contributed by atoms with van der Waals surface area (Å²) in [6.07, 6.45) is 5.57. The predicted octanol–water partition coefficient (Wildman–Crippen LogP) is 2.57. The smallest absolute Gasteiger partial charge is 0.310 e. The molecule has 1 aliphatic carbocycles. The van der Waals surface area contributed by atoms with Crippen molar-refractivity contribution in [2.45, 2.75) is 64.1 Å². The van der Waals surface area contributed by atoms with Gasteiger partial charge in [0, 0.05) is 4.88 Å². The Bertz CT molecular complexity index is 820. The van der Waals surface area contributed by atoms with E-state index in [1.807, 2.05) is 0 Å². The van der Waals surface area contributed by atoms with Crippen LogP contribution in [0.5, 0.6) is 0 Å². The summed E-state index contributed by atoms with van der Waals surface area (Å²) in [6.45, 7) is 2.17. The van der Waals surface area contributed by atoms with Crippen LogP contribution in [0.3, 0.4) is 0 Å². The second kappa shape index (κ2) is 7.48. The number of ether oxygens (including phenoxy) is 1. The largest absolute Gasteiger partial charge is 0.481 e. The molecule has 0 spiro atoms. The SMILES string of the molecule is CCC[C@@H]1CCc2c(sc(NC(=O)[C@H]3[C@@H](C(=O)O)[C@H]4CC[C@H]3O4)c2C(N)=O)C1. The molecule has 28 heavy (non-hydrogen) atoms. The molecule has 0 aromatic carbocycles. The van der Waals surface area contributed by atoms with Crippen LogP contribution < -0.4 is 11.1 Å². The zero-order valence-electron chi connectivity index (χ0n) is 15.9. The van der Waals surface area contributed by atoms with Crippen molar-refractivity contribution in [3.8, 4) is 0 Å². The lowest BCUT2D eigenvalue weighted by Gasteiger charge is -2.23. The molecule has 152 valence electrons. The summed E-state index contributed by atoms with van der Waals surface area (Å²) in [5.41, 5.74) is 7.00. The number of carbonyl (C=O) groups is 3. The summed E-state index contributed by atoms with van der Waals surface area (Å²) in [6, 6.07) is 0. The van der Waals surface area contributed by atoms with Crippen molar-refractivity contribution >= 4 is 34.1 Å². The van der Waals surface area contributed by atoms with Crippen molar-refractivity contribution in [3.63, 3.8) is 0 Å². The molecule has 4 N–H and O–H groups in total. The number of amides is 2. The molecule has 5 atom stereocenters. The van der Waals surface area contributed by atoms with Crippen LogP contribution in [0.1, 0.15) is 59.8 Å². The lowest BCUT2D eigenvalue weighted by Crippen LogP contribution is -2.41. The number of carbonyl (C=O) groups excluding carboxylic acids is 2. The summed E-state index contributed by atoms with van der Waals surface area (Å²) in [4.78, 5) is 37.9. The molecule has 2 fully saturated rings. The van der Waals surface area contributed by atoms with E-state index < -0.39 is 29.8 Å². The number of carboxylic acid groups (broad SMARTS) is 1. The summed E-state index contributed by atoms with van der Waals surface area (Å²) in [7, 11) is 0. The first-order chi connectivity index (χ1) is 13.4. The lowest BCUT2D eigenvalue weighted by atomic mass is 9.78. The maximum Gasteiger partial charge on any atom is 0.310 e. The molecule has 1 aromatic rings. The van der Waals surface area contributed by atoms with Crippen LogP contribution in [0.4, 0.5) is 5.00 Å². The Balaban J connectivity index is 1.59. The van der Waals surface area contributed by atoms with Crippen molar-refractivity contribution in [2.24, 2.45) is 23.5 Å². The first kappa shape index (κ1) is 19.4. The molecule has 3 aliphatic rings. The van der Waals surface area contributed by atoms with E-state index in [2.05, 4.69) is 12.2 Å². The van der Waals surface area contributed by atoms with Crippen LogP contribution in [-0.4, -0.2) is 35.1 Å². The number of anilines is 1. The third-order valence-corrected chi connectivity index (χ3v) is 7.58. The van der Waals surface area contributed by atoms with Crippen LogP contribution in [0.15, 0.2) is 0 Å². The van der Waals surface area contributed by atoms with E-state index in [1.54, 1.807) is 0 Å². The normalized spacial score (nSPS) is 30.8. The molecule has 1 aromatic heterocycles. The third kappa shape index (κ3) is 3.22. The minimum Gasteiger partial charge on any atom is -0.481 e. The molecule has 8 heteroatoms. The van der Waals surface area contributed by atoms with Gasteiger partial charge in [-0.15, -0.1) is 11.3 Å². The molecular formula is C20H26N2O5S. The summed E-state index contributed by atoms with van der Waals surface area (Å²) in [5.74, 6) is -2.90. The summed E-state index contributed by atoms with van der Waals surface area (Å²) < 4.78 is 5.69. The fourth-order valence-electron chi connectivity index (χ4n) is 5.18. The zero-order chi connectivity index (χ0) is 20.0. The number of primary amides is 1. The quantitative estimate of drug-likeness (QED) is 0.671. The monoisotopic (exact) mass is 406 g/mol. The fourth-order valence-corrected chi connectivity index (χ4v) is 6.55. The van der Waals surface area contributed by atoms with Crippen LogP contribution >= 0.6 is 11.3 Å². The van der Waals surface area contributed by atoms with Crippen LogP contribution in [-0.2, 0) is 27.2 Å². The molecule has 0 radical (unpaired) electrons. The topological polar surface area (TPSA) is 119 Å². The van der Waals surface area contributed by atoms with Gasteiger partial charge in [0.1, 0.15) is 5.00 Å². The minimum absolute atomic E-state index is 0.369. The number of fused-ring (bicyclic) bond motifs is 3. The van der Waals surface area contributed by atoms with Crippen molar-refractivity contribution in [3.05, 3.63) is 16.0 Å². The second-order valence-electron chi connectivity index (χ2n) is 8.14. The fraction of sp³-hybridized carbons (Fsp3) is 0.650. The Morgan fingerprint density at radius 2 is 1.93 bits per heavy atom. The number of nitrogens with one attached hydrogen (secondary N) is 1. The van der Waals surface area contributed by atoms with Gasteiger partial charge in [-0.3, -0.25) is 14.4 Å². The van der Waals surface area contributed by atoms with E-state index in [1.165, 1.54) is 11.3 Å².